The Kier molecular flexibility index (Phi) is 6.39. The molecule has 26 heavy (non-hydrogen) atoms. The Morgan fingerprint density at radius 1 is 1.12 bits per heavy atom. The van der Waals surface area contributed by atoms with E-state index in [-0.39, 0.29) is 5.92 Å². The Morgan fingerprint density at radius 2 is 1.77 bits per heavy atom. The highest BCUT2D eigenvalue weighted by Crippen LogP contribution is 2.21. The first-order valence-electron chi connectivity index (χ1n) is 9.56. The van der Waals surface area contributed by atoms with Crippen LogP contribution in [-0.2, 0) is 17.8 Å². The number of hydrogen-bond donors (Lipinski definition) is 0. The highest BCUT2D eigenvalue weighted by Gasteiger charge is 2.28. The van der Waals surface area contributed by atoms with Gasteiger partial charge in [0.15, 0.2) is 0 Å². The van der Waals surface area contributed by atoms with E-state index in [0.29, 0.717) is 30.7 Å². The molecule has 0 saturated carbocycles. The first-order valence-corrected chi connectivity index (χ1v) is 9.56. The Bertz CT molecular complexity index is 689. The third-order valence-electron chi connectivity index (χ3n) is 5.08. The highest BCUT2D eigenvalue weighted by atomic mass is 16.4. The van der Waals surface area contributed by atoms with Gasteiger partial charge >= 0.3 is 0 Å². The lowest BCUT2D eigenvalue weighted by atomic mass is 9.95. The maximum atomic E-state index is 12.5. The van der Waals surface area contributed by atoms with Crippen molar-refractivity contribution in [1.29, 1.82) is 0 Å². The van der Waals surface area contributed by atoms with Crippen LogP contribution in [0.15, 0.2) is 34.7 Å². The molecular formula is C20H28N4O2. The van der Waals surface area contributed by atoms with Crippen LogP contribution in [0.5, 0.6) is 0 Å². The first-order chi connectivity index (χ1) is 12.7. The van der Waals surface area contributed by atoms with Gasteiger partial charge < -0.3 is 9.32 Å². The molecule has 0 radical (unpaired) electrons. The van der Waals surface area contributed by atoms with Gasteiger partial charge in [0.1, 0.15) is 0 Å². The zero-order valence-corrected chi connectivity index (χ0v) is 15.7. The molecule has 0 N–H and O–H groups in total. The van der Waals surface area contributed by atoms with Crippen molar-refractivity contribution in [2.24, 2.45) is 5.92 Å². The summed E-state index contributed by atoms with van der Waals surface area (Å²) in [6.45, 7) is 8.12. The summed E-state index contributed by atoms with van der Waals surface area (Å²) in [6.07, 6.45) is 2.47. The summed E-state index contributed by atoms with van der Waals surface area (Å²) in [7, 11) is 0. The number of nitrogens with zero attached hydrogens (tertiary/aromatic N) is 4. The number of piperidine rings is 1. The second kappa shape index (κ2) is 8.94. The molecule has 3 rings (SSSR count). The summed E-state index contributed by atoms with van der Waals surface area (Å²) in [5, 5.41) is 8.34. The van der Waals surface area contributed by atoms with Crippen molar-refractivity contribution in [3.05, 3.63) is 47.7 Å². The molecule has 1 aliphatic rings. The van der Waals surface area contributed by atoms with Crippen LogP contribution < -0.4 is 0 Å². The first kappa shape index (κ1) is 18.6. The van der Waals surface area contributed by atoms with Crippen molar-refractivity contribution in [2.45, 2.75) is 39.7 Å². The van der Waals surface area contributed by atoms with E-state index in [1.807, 2.05) is 36.9 Å². The topological polar surface area (TPSA) is 62.5 Å². The largest absolute Gasteiger partial charge is 0.424 e. The van der Waals surface area contributed by atoms with E-state index in [9.17, 15) is 4.79 Å². The molecule has 2 aromatic rings. The molecule has 1 aromatic heterocycles. The average Bonchev–Trinajstić information content (AvgIpc) is 3.11. The minimum atomic E-state index is 0.155. The summed E-state index contributed by atoms with van der Waals surface area (Å²) in [4.78, 5) is 16.7. The predicted molar refractivity (Wildman–Crippen MR) is 99.5 cm³/mol. The Balaban J connectivity index is 1.48. The van der Waals surface area contributed by atoms with Gasteiger partial charge in [0.25, 0.3) is 0 Å². The van der Waals surface area contributed by atoms with Crippen molar-refractivity contribution in [3.63, 3.8) is 0 Å². The van der Waals surface area contributed by atoms with Crippen LogP contribution in [0.1, 0.15) is 44.0 Å². The van der Waals surface area contributed by atoms with E-state index >= 15 is 0 Å². The molecule has 0 unspecified atom stereocenters. The third-order valence-corrected chi connectivity index (χ3v) is 5.08. The van der Waals surface area contributed by atoms with E-state index in [1.165, 1.54) is 5.56 Å². The summed E-state index contributed by atoms with van der Waals surface area (Å²) >= 11 is 0. The van der Waals surface area contributed by atoms with Gasteiger partial charge in [-0.1, -0.05) is 30.3 Å². The van der Waals surface area contributed by atoms with Crippen molar-refractivity contribution >= 4 is 5.91 Å². The Labute approximate surface area is 155 Å². The molecule has 0 atom stereocenters. The quantitative estimate of drug-likeness (QED) is 0.763. The molecule has 6 heteroatoms. The maximum absolute atomic E-state index is 12.5. The fourth-order valence-electron chi connectivity index (χ4n) is 3.52. The van der Waals surface area contributed by atoms with E-state index in [0.717, 1.165) is 39.0 Å². The molecule has 1 aromatic carbocycles. The number of hydrogen-bond acceptors (Lipinski definition) is 5. The van der Waals surface area contributed by atoms with E-state index < -0.39 is 0 Å². The van der Waals surface area contributed by atoms with Crippen LogP contribution in [0.3, 0.4) is 0 Å². The minimum absolute atomic E-state index is 0.155. The predicted octanol–water partition coefficient (Wildman–Crippen LogP) is 2.74. The standard InChI is InChI=1S/C20H28N4O2/c1-3-24(4-2)20(25)17-10-12-23(13-11-17)15-19-22-21-18(26-19)14-16-8-6-5-7-9-16/h5-9,17H,3-4,10-15H2,1-2H3. The molecule has 6 nitrogen and oxygen atoms in total. The van der Waals surface area contributed by atoms with Gasteiger partial charge in [-0.2, -0.15) is 0 Å². The Morgan fingerprint density at radius 3 is 2.42 bits per heavy atom. The van der Waals surface area contributed by atoms with Gasteiger partial charge in [0.05, 0.1) is 13.0 Å². The van der Waals surface area contributed by atoms with E-state index in [4.69, 9.17) is 4.42 Å². The number of rotatable bonds is 7. The lowest BCUT2D eigenvalue weighted by Crippen LogP contribution is -2.42. The number of likely N-dealkylation sites (tertiary alicyclic amines) is 1. The molecule has 1 saturated heterocycles. The maximum Gasteiger partial charge on any atom is 0.230 e. The summed E-state index contributed by atoms with van der Waals surface area (Å²) in [6, 6.07) is 10.1. The molecule has 1 fully saturated rings. The molecule has 0 bridgehead atoms. The van der Waals surface area contributed by atoms with E-state index in [2.05, 4.69) is 27.2 Å². The summed E-state index contributed by atoms with van der Waals surface area (Å²) < 4.78 is 5.80. The van der Waals surface area contributed by atoms with Crippen LogP contribution in [0, 0.1) is 5.92 Å². The lowest BCUT2D eigenvalue weighted by Gasteiger charge is -2.33. The van der Waals surface area contributed by atoms with Crippen LogP contribution in [0.4, 0.5) is 0 Å². The lowest BCUT2D eigenvalue weighted by molar-refractivity contribution is -0.136. The van der Waals surface area contributed by atoms with Crippen LogP contribution >= 0.6 is 0 Å². The van der Waals surface area contributed by atoms with Crippen molar-refractivity contribution in [2.75, 3.05) is 26.2 Å². The number of aromatic nitrogens is 2. The summed E-state index contributed by atoms with van der Waals surface area (Å²) in [5.41, 5.74) is 1.17. The van der Waals surface area contributed by atoms with Crippen LogP contribution in [0.2, 0.25) is 0 Å². The molecule has 0 spiro atoms. The fraction of sp³-hybridized carbons (Fsp3) is 0.550. The normalized spacial score (nSPS) is 15.9. The molecule has 140 valence electrons. The number of benzene rings is 1. The minimum Gasteiger partial charge on any atom is -0.424 e. The second-order valence-electron chi connectivity index (χ2n) is 6.81. The fourth-order valence-corrected chi connectivity index (χ4v) is 3.52. The van der Waals surface area contributed by atoms with Gasteiger partial charge in [-0.3, -0.25) is 9.69 Å². The van der Waals surface area contributed by atoms with Crippen molar-refractivity contribution in [3.8, 4) is 0 Å². The zero-order valence-electron chi connectivity index (χ0n) is 15.7. The van der Waals surface area contributed by atoms with Crippen LogP contribution in [0.25, 0.3) is 0 Å². The number of carbonyl (C=O) groups is 1. The van der Waals surface area contributed by atoms with E-state index in [1.54, 1.807) is 0 Å². The second-order valence-corrected chi connectivity index (χ2v) is 6.81. The smallest absolute Gasteiger partial charge is 0.230 e. The van der Waals surface area contributed by atoms with Gasteiger partial charge in [0.2, 0.25) is 17.7 Å². The average molecular weight is 356 g/mol. The number of carbonyl (C=O) groups excluding carboxylic acids is 1. The molecule has 2 heterocycles. The summed E-state index contributed by atoms with van der Waals surface area (Å²) in [5.74, 6) is 1.77. The zero-order chi connectivity index (χ0) is 18.4. The molecular weight excluding hydrogens is 328 g/mol. The van der Waals surface area contributed by atoms with Crippen molar-refractivity contribution in [1.82, 2.24) is 20.0 Å². The van der Waals surface area contributed by atoms with Crippen LogP contribution in [-0.4, -0.2) is 52.1 Å². The molecule has 1 amide bonds. The van der Waals surface area contributed by atoms with Gasteiger partial charge in [-0.15, -0.1) is 10.2 Å². The molecule has 0 aliphatic carbocycles. The van der Waals surface area contributed by atoms with Gasteiger partial charge in [-0.05, 0) is 45.3 Å². The monoisotopic (exact) mass is 356 g/mol. The van der Waals surface area contributed by atoms with Crippen molar-refractivity contribution < 1.29 is 9.21 Å². The molecule has 1 aliphatic heterocycles. The van der Waals surface area contributed by atoms with Gasteiger partial charge in [0, 0.05) is 19.0 Å². The SMILES string of the molecule is CCN(CC)C(=O)C1CCN(Cc2nnc(Cc3ccccc3)o2)CC1. The Hall–Kier alpha value is -2.21. The third kappa shape index (κ3) is 4.69. The van der Waals surface area contributed by atoms with Gasteiger partial charge in [-0.25, -0.2) is 0 Å². The highest BCUT2D eigenvalue weighted by molar-refractivity contribution is 5.78. The number of amides is 1.